The van der Waals surface area contributed by atoms with Gasteiger partial charge in [0, 0.05) is 37.2 Å². The maximum atomic E-state index is 2.44. The normalized spacial score (nSPS) is 12.3. The molecule has 46 heavy (non-hydrogen) atoms. The van der Waals surface area contributed by atoms with Crippen LogP contribution < -0.4 is 0 Å². The Bertz CT molecular complexity index is 2640. The Morgan fingerprint density at radius 3 is 1.96 bits per heavy atom. The maximum Gasteiger partial charge on any atom is 0.0625 e. The summed E-state index contributed by atoms with van der Waals surface area (Å²) in [5.41, 5.74) is 11.2. The van der Waals surface area contributed by atoms with Crippen molar-refractivity contribution in [2.24, 2.45) is 0 Å². The van der Waals surface area contributed by atoms with Crippen LogP contribution in [0.1, 0.15) is 0 Å². The van der Waals surface area contributed by atoms with Gasteiger partial charge in [-0.1, -0.05) is 133 Å². The molecule has 0 bridgehead atoms. The third-order valence-corrected chi connectivity index (χ3v) is 10.7. The molecular formula is C44H27NS. The minimum Gasteiger partial charge on any atom is -0.309 e. The van der Waals surface area contributed by atoms with E-state index in [0.29, 0.717) is 0 Å². The van der Waals surface area contributed by atoms with Gasteiger partial charge in [0.1, 0.15) is 0 Å². The minimum atomic E-state index is 1.17. The molecule has 214 valence electrons. The lowest BCUT2D eigenvalue weighted by Crippen LogP contribution is -1.95. The zero-order valence-electron chi connectivity index (χ0n) is 24.9. The molecule has 9 aromatic rings. The van der Waals surface area contributed by atoms with Gasteiger partial charge in [0.15, 0.2) is 0 Å². The summed E-state index contributed by atoms with van der Waals surface area (Å²) >= 11 is 1.88. The molecule has 0 amide bonds. The number of nitrogens with zero attached hydrogens (tertiary/aromatic N) is 1. The van der Waals surface area contributed by atoms with Crippen LogP contribution in [0.25, 0.3) is 82.4 Å². The van der Waals surface area contributed by atoms with E-state index in [2.05, 4.69) is 168 Å². The lowest BCUT2D eigenvalue weighted by atomic mass is 9.93. The van der Waals surface area contributed by atoms with E-state index in [4.69, 9.17) is 0 Å². The summed E-state index contributed by atoms with van der Waals surface area (Å²) in [6, 6.07) is 60.2. The minimum absolute atomic E-state index is 1.17. The second-order valence-electron chi connectivity index (χ2n) is 12.1. The lowest BCUT2D eigenvalue weighted by Gasteiger charge is -2.21. The molecule has 0 fully saturated rings. The number of aromatic nitrogens is 1. The summed E-state index contributed by atoms with van der Waals surface area (Å²) in [6.45, 7) is 0. The summed E-state index contributed by atoms with van der Waals surface area (Å²) < 4.78 is 2.44. The third kappa shape index (κ3) is 3.77. The van der Waals surface area contributed by atoms with Crippen molar-refractivity contribution in [3.8, 4) is 39.1 Å². The Morgan fingerprint density at radius 1 is 0.391 bits per heavy atom. The van der Waals surface area contributed by atoms with Crippen molar-refractivity contribution in [1.29, 1.82) is 0 Å². The van der Waals surface area contributed by atoms with Gasteiger partial charge in [-0.2, -0.15) is 0 Å². The highest BCUT2D eigenvalue weighted by Crippen LogP contribution is 2.49. The van der Waals surface area contributed by atoms with Crippen molar-refractivity contribution < 1.29 is 0 Å². The average Bonchev–Trinajstić information content (AvgIpc) is 3.48. The predicted octanol–water partition coefficient (Wildman–Crippen LogP) is 12.6. The molecule has 1 aromatic heterocycles. The SMILES string of the molecule is c1ccc(-n2c3ccccc3c3c4ccccc4cc(-c4ccc(-c5ccc6c(c5)-c5cccc7cccc(c57)S6)cc4)c32)cc1. The highest BCUT2D eigenvalue weighted by molar-refractivity contribution is 7.99. The van der Waals surface area contributed by atoms with Crippen LogP contribution in [0.15, 0.2) is 174 Å². The second-order valence-corrected chi connectivity index (χ2v) is 13.2. The van der Waals surface area contributed by atoms with E-state index >= 15 is 0 Å². The first-order chi connectivity index (χ1) is 22.8. The Kier molecular flexibility index (Phi) is 5.58. The summed E-state index contributed by atoms with van der Waals surface area (Å²) in [5, 5.41) is 7.79. The van der Waals surface area contributed by atoms with Crippen LogP contribution in [-0.2, 0) is 0 Å². The monoisotopic (exact) mass is 601 g/mol. The van der Waals surface area contributed by atoms with Crippen LogP contribution >= 0.6 is 11.8 Å². The predicted molar refractivity (Wildman–Crippen MR) is 196 cm³/mol. The van der Waals surface area contributed by atoms with Crippen molar-refractivity contribution in [3.05, 3.63) is 164 Å². The van der Waals surface area contributed by atoms with Gasteiger partial charge in [-0.25, -0.2) is 0 Å². The number of hydrogen-bond acceptors (Lipinski definition) is 1. The summed E-state index contributed by atoms with van der Waals surface area (Å²) in [7, 11) is 0. The fourth-order valence-electron chi connectivity index (χ4n) is 7.49. The van der Waals surface area contributed by atoms with Crippen molar-refractivity contribution in [3.63, 3.8) is 0 Å². The van der Waals surface area contributed by atoms with Crippen LogP contribution in [0, 0.1) is 0 Å². The van der Waals surface area contributed by atoms with Crippen LogP contribution in [0.4, 0.5) is 0 Å². The molecule has 1 aliphatic heterocycles. The number of fused-ring (bicyclic) bond motifs is 7. The fourth-order valence-corrected chi connectivity index (χ4v) is 8.62. The van der Waals surface area contributed by atoms with Crippen molar-refractivity contribution in [1.82, 2.24) is 4.57 Å². The van der Waals surface area contributed by atoms with E-state index in [1.165, 1.54) is 92.2 Å². The van der Waals surface area contributed by atoms with Crippen molar-refractivity contribution in [2.45, 2.75) is 9.79 Å². The Morgan fingerprint density at radius 2 is 1.09 bits per heavy atom. The molecule has 10 rings (SSSR count). The van der Waals surface area contributed by atoms with Gasteiger partial charge in [-0.3, -0.25) is 0 Å². The average molecular weight is 602 g/mol. The molecule has 2 heterocycles. The van der Waals surface area contributed by atoms with E-state index in [0.717, 1.165) is 0 Å². The molecule has 0 saturated heterocycles. The molecule has 0 spiro atoms. The van der Waals surface area contributed by atoms with Gasteiger partial charge >= 0.3 is 0 Å². The molecule has 0 aliphatic carbocycles. The Balaban J connectivity index is 1.16. The lowest BCUT2D eigenvalue weighted by molar-refractivity contribution is 1.18. The molecule has 0 atom stereocenters. The molecule has 1 aliphatic rings. The van der Waals surface area contributed by atoms with Crippen LogP contribution in [-0.4, -0.2) is 4.57 Å². The Hall–Kier alpha value is -5.57. The first-order valence-corrected chi connectivity index (χ1v) is 16.6. The van der Waals surface area contributed by atoms with E-state index in [-0.39, 0.29) is 0 Å². The number of rotatable bonds is 3. The molecule has 1 nitrogen and oxygen atoms in total. The zero-order valence-corrected chi connectivity index (χ0v) is 25.8. The largest absolute Gasteiger partial charge is 0.309 e. The zero-order chi connectivity index (χ0) is 30.2. The number of benzene rings is 8. The van der Waals surface area contributed by atoms with E-state index in [9.17, 15) is 0 Å². The molecule has 0 saturated carbocycles. The van der Waals surface area contributed by atoms with E-state index in [1.807, 2.05) is 11.8 Å². The highest BCUT2D eigenvalue weighted by Gasteiger charge is 2.21. The third-order valence-electron chi connectivity index (χ3n) is 9.56. The van der Waals surface area contributed by atoms with E-state index < -0.39 is 0 Å². The molecule has 0 N–H and O–H groups in total. The number of hydrogen-bond donors (Lipinski definition) is 0. The van der Waals surface area contributed by atoms with Crippen LogP contribution in [0.5, 0.6) is 0 Å². The van der Waals surface area contributed by atoms with Gasteiger partial charge in [0.25, 0.3) is 0 Å². The molecular weight excluding hydrogens is 575 g/mol. The topological polar surface area (TPSA) is 4.93 Å². The number of para-hydroxylation sites is 2. The van der Waals surface area contributed by atoms with E-state index in [1.54, 1.807) is 0 Å². The smallest absolute Gasteiger partial charge is 0.0625 e. The molecule has 0 radical (unpaired) electrons. The van der Waals surface area contributed by atoms with Crippen LogP contribution in [0.3, 0.4) is 0 Å². The molecule has 8 aromatic carbocycles. The maximum absolute atomic E-state index is 2.44. The standard InChI is InChI=1S/C44H27NS/c1-2-13-33(14-3-1)45-39-18-7-6-16-36(39)43-34-15-5-4-10-32(34)27-37(44(43)45)29-22-20-28(21-23-29)31-24-25-40-38(26-31)35-17-8-11-30-12-9-19-41(46-40)42(30)35/h1-27H. The van der Waals surface area contributed by atoms with Gasteiger partial charge in [-0.05, 0) is 86.4 Å². The van der Waals surface area contributed by atoms with Crippen LogP contribution in [0.2, 0.25) is 0 Å². The van der Waals surface area contributed by atoms with Gasteiger partial charge in [-0.15, -0.1) is 0 Å². The highest BCUT2D eigenvalue weighted by atomic mass is 32.2. The van der Waals surface area contributed by atoms with Gasteiger partial charge < -0.3 is 4.57 Å². The van der Waals surface area contributed by atoms with Gasteiger partial charge in [0.05, 0.1) is 11.0 Å². The molecule has 0 unspecified atom stereocenters. The van der Waals surface area contributed by atoms with Crippen molar-refractivity contribution >= 4 is 55.1 Å². The first-order valence-electron chi connectivity index (χ1n) is 15.8. The second kappa shape index (κ2) is 9.97. The van der Waals surface area contributed by atoms with Crippen molar-refractivity contribution in [2.75, 3.05) is 0 Å². The fraction of sp³-hybridized carbons (Fsp3) is 0. The first kappa shape index (κ1) is 25.7. The quantitative estimate of drug-likeness (QED) is 0.195. The molecule has 2 heteroatoms. The summed E-state index contributed by atoms with van der Waals surface area (Å²) in [6.07, 6.45) is 0. The van der Waals surface area contributed by atoms with Gasteiger partial charge in [0.2, 0.25) is 0 Å². The summed E-state index contributed by atoms with van der Waals surface area (Å²) in [5.74, 6) is 0. The Labute approximate surface area is 271 Å². The summed E-state index contributed by atoms with van der Waals surface area (Å²) in [4.78, 5) is 2.66.